The van der Waals surface area contributed by atoms with Gasteiger partial charge in [-0.1, -0.05) is 18.2 Å². The van der Waals surface area contributed by atoms with Crippen LogP contribution in [-0.2, 0) is 17.8 Å². The highest BCUT2D eigenvalue weighted by Crippen LogP contribution is 2.41. The molecule has 8 heteroatoms. The van der Waals surface area contributed by atoms with Gasteiger partial charge in [-0.3, -0.25) is 9.59 Å². The summed E-state index contributed by atoms with van der Waals surface area (Å²) in [5.41, 5.74) is 3.10. The monoisotopic (exact) mass is 489 g/mol. The molecule has 1 saturated carbocycles. The maximum Gasteiger partial charge on any atom is 0.275 e. The van der Waals surface area contributed by atoms with Gasteiger partial charge in [-0.15, -0.1) is 0 Å². The molecule has 2 aromatic carbocycles. The molecule has 0 spiro atoms. The van der Waals surface area contributed by atoms with Gasteiger partial charge >= 0.3 is 0 Å². The van der Waals surface area contributed by atoms with Crippen LogP contribution in [-0.4, -0.2) is 46.2 Å². The molecule has 3 aromatic rings. The van der Waals surface area contributed by atoms with E-state index >= 15 is 0 Å². The summed E-state index contributed by atoms with van der Waals surface area (Å²) in [7, 11) is 0. The van der Waals surface area contributed by atoms with Crippen LogP contribution >= 0.6 is 0 Å². The fraction of sp³-hybridized carbons (Fsp3) is 0.393. The van der Waals surface area contributed by atoms with E-state index in [9.17, 15) is 14.0 Å². The highest BCUT2D eigenvalue weighted by molar-refractivity contribution is 5.92. The summed E-state index contributed by atoms with van der Waals surface area (Å²) in [6.45, 7) is 2.17. The SMILES string of the molecule is O=C(c1coc(COc2ccc3c(c2)[C@@H](c2cccc(F)c2)N(C(=O)C2CC2)CC3)n1)N1CCCC1. The second kappa shape index (κ2) is 9.41. The Hall–Kier alpha value is -3.68. The molecule has 0 bridgehead atoms. The normalized spacial score (nSPS) is 19.3. The van der Waals surface area contributed by atoms with Gasteiger partial charge in [0, 0.05) is 25.6 Å². The van der Waals surface area contributed by atoms with E-state index in [2.05, 4.69) is 4.98 Å². The number of rotatable bonds is 6. The standard InChI is InChI=1S/C28H28FN3O4/c29-21-5-3-4-20(14-21)26-23-15-22(9-8-18(23)10-13-32(26)27(33)19-6-7-19)35-17-25-30-24(16-36-25)28(34)31-11-1-2-12-31/h3-5,8-9,14-16,19,26H,1-2,6-7,10-13,17H2/t26-/m1/s1. The molecule has 7 nitrogen and oxygen atoms in total. The van der Waals surface area contributed by atoms with Gasteiger partial charge in [-0.05, 0) is 73.1 Å². The number of fused-ring (bicyclic) bond motifs is 1. The molecule has 1 aromatic heterocycles. The number of hydrogen-bond acceptors (Lipinski definition) is 5. The number of benzene rings is 2. The summed E-state index contributed by atoms with van der Waals surface area (Å²) in [4.78, 5) is 33.7. The smallest absolute Gasteiger partial charge is 0.275 e. The number of amides is 2. The average Bonchev–Trinajstić information content (AvgIpc) is 3.38. The van der Waals surface area contributed by atoms with Crippen LogP contribution in [0.4, 0.5) is 4.39 Å². The number of halogens is 1. The van der Waals surface area contributed by atoms with E-state index in [-0.39, 0.29) is 36.2 Å². The Labute approximate surface area is 208 Å². The lowest BCUT2D eigenvalue weighted by Crippen LogP contribution is -2.41. The molecule has 1 aliphatic carbocycles. The molecule has 36 heavy (non-hydrogen) atoms. The number of oxazole rings is 1. The van der Waals surface area contributed by atoms with Gasteiger partial charge in [-0.25, -0.2) is 9.37 Å². The van der Waals surface area contributed by atoms with Crippen LogP contribution in [0.1, 0.15) is 64.8 Å². The Morgan fingerprint density at radius 3 is 2.69 bits per heavy atom. The van der Waals surface area contributed by atoms with Gasteiger partial charge in [0.15, 0.2) is 12.3 Å². The third-order valence-corrected chi connectivity index (χ3v) is 7.25. The highest BCUT2D eigenvalue weighted by Gasteiger charge is 2.39. The zero-order valence-electron chi connectivity index (χ0n) is 20.0. The molecule has 2 fully saturated rings. The molecule has 2 aliphatic heterocycles. The van der Waals surface area contributed by atoms with Crippen LogP contribution in [0.3, 0.4) is 0 Å². The minimum Gasteiger partial charge on any atom is -0.484 e. The Kier molecular flexibility index (Phi) is 5.95. The van der Waals surface area contributed by atoms with Gasteiger partial charge < -0.3 is 19.0 Å². The van der Waals surface area contributed by atoms with Gasteiger partial charge in [-0.2, -0.15) is 0 Å². The molecule has 3 aliphatic rings. The van der Waals surface area contributed by atoms with Crippen molar-refractivity contribution in [1.82, 2.24) is 14.8 Å². The van der Waals surface area contributed by atoms with E-state index in [1.54, 1.807) is 11.0 Å². The van der Waals surface area contributed by atoms with E-state index in [0.717, 1.165) is 61.9 Å². The maximum absolute atomic E-state index is 14.2. The molecular formula is C28H28FN3O4. The second-order valence-corrected chi connectivity index (χ2v) is 9.79. The molecule has 186 valence electrons. The van der Waals surface area contributed by atoms with Crippen molar-refractivity contribution in [2.24, 2.45) is 5.92 Å². The van der Waals surface area contributed by atoms with Gasteiger partial charge in [0.1, 0.15) is 17.8 Å². The zero-order valence-corrected chi connectivity index (χ0v) is 20.0. The Morgan fingerprint density at radius 1 is 1.08 bits per heavy atom. The minimum absolute atomic E-state index is 0.0709. The predicted molar refractivity (Wildman–Crippen MR) is 129 cm³/mol. The number of ether oxygens (including phenoxy) is 1. The van der Waals surface area contributed by atoms with Crippen LogP contribution in [0, 0.1) is 11.7 Å². The first-order valence-corrected chi connectivity index (χ1v) is 12.6. The first-order chi connectivity index (χ1) is 17.6. The van der Waals surface area contributed by atoms with Crippen molar-refractivity contribution < 1.29 is 23.1 Å². The van der Waals surface area contributed by atoms with Crippen LogP contribution in [0.15, 0.2) is 53.1 Å². The summed E-state index contributed by atoms with van der Waals surface area (Å²) in [5, 5.41) is 0. The minimum atomic E-state index is -0.368. The van der Waals surface area contributed by atoms with E-state index in [1.807, 2.05) is 29.2 Å². The number of hydrogen-bond donors (Lipinski definition) is 0. The molecule has 2 amide bonds. The first kappa shape index (κ1) is 22.8. The van der Waals surface area contributed by atoms with Crippen molar-refractivity contribution in [1.29, 1.82) is 0 Å². The zero-order chi connectivity index (χ0) is 24.6. The van der Waals surface area contributed by atoms with Crippen LogP contribution in [0.5, 0.6) is 5.75 Å². The van der Waals surface area contributed by atoms with Gasteiger partial charge in [0.2, 0.25) is 11.8 Å². The second-order valence-electron chi connectivity index (χ2n) is 9.79. The molecular weight excluding hydrogens is 461 g/mol. The number of carbonyl (C=O) groups is 2. The molecule has 0 radical (unpaired) electrons. The molecule has 6 rings (SSSR count). The molecule has 0 N–H and O–H groups in total. The van der Waals surface area contributed by atoms with Crippen molar-refractivity contribution in [2.45, 2.75) is 44.8 Å². The first-order valence-electron chi connectivity index (χ1n) is 12.6. The number of carbonyl (C=O) groups excluding carboxylic acids is 2. The third kappa shape index (κ3) is 4.47. The molecule has 1 saturated heterocycles. The fourth-order valence-electron chi connectivity index (χ4n) is 5.22. The Balaban J connectivity index is 1.23. The van der Waals surface area contributed by atoms with Crippen LogP contribution < -0.4 is 4.74 Å². The summed E-state index contributed by atoms with van der Waals surface area (Å²) < 4.78 is 25.6. The van der Waals surface area contributed by atoms with Crippen molar-refractivity contribution in [2.75, 3.05) is 19.6 Å². The maximum atomic E-state index is 14.2. The number of likely N-dealkylation sites (tertiary alicyclic amines) is 1. The molecule has 1 atom stereocenters. The van der Waals surface area contributed by atoms with Crippen LogP contribution in [0.2, 0.25) is 0 Å². The van der Waals surface area contributed by atoms with Crippen molar-refractivity contribution in [3.05, 3.63) is 82.8 Å². The van der Waals surface area contributed by atoms with Crippen molar-refractivity contribution in [3.8, 4) is 5.75 Å². The lowest BCUT2D eigenvalue weighted by molar-refractivity contribution is -0.134. The average molecular weight is 490 g/mol. The van der Waals surface area contributed by atoms with E-state index in [1.165, 1.54) is 18.4 Å². The lowest BCUT2D eigenvalue weighted by Gasteiger charge is -2.38. The predicted octanol–water partition coefficient (Wildman–Crippen LogP) is 4.51. The summed E-state index contributed by atoms with van der Waals surface area (Å²) in [6.07, 6.45) is 5.98. The summed E-state index contributed by atoms with van der Waals surface area (Å²) in [5.74, 6) is 0.688. The Bertz CT molecular complexity index is 1300. The lowest BCUT2D eigenvalue weighted by atomic mass is 9.87. The largest absolute Gasteiger partial charge is 0.484 e. The topological polar surface area (TPSA) is 75.9 Å². The highest BCUT2D eigenvalue weighted by atomic mass is 19.1. The number of nitrogens with zero attached hydrogens (tertiary/aromatic N) is 3. The van der Waals surface area contributed by atoms with E-state index < -0.39 is 0 Å². The van der Waals surface area contributed by atoms with E-state index in [0.29, 0.717) is 23.9 Å². The van der Waals surface area contributed by atoms with Crippen molar-refractivity contribution >= 4 is 11.8 Å². The van der Waals surface area contributed by atoms with Gasteiger partial charge in [0.25, 0.3) is 5.91 Å². The molecule has 3 heterocycles. The summed E-state index contributed by atoms with van der Waals surface area (Å²) >= 11 is 0. The third-order valence-electron chi connectivity index (χ3n) is 7.25. The van der Waals surface area contributed by atoms with Gasteiger partial charge in [0.05, 0.1) is 6.04 Å². The quantitative estimate of drug-likeness (QED) is 0.509. The number of aromatic nitrogens is 1. The summed E-state index contributed by atoms with van der Waals surface area (Å²) in [6, 6.07) is 11.9. The fourth-order valence-corrected chi connectivity index (χ4v) is 5.22. The van der Waals surface area contributed by atoms with Crippen LogP contribution in [0.25, 0.3) is 0 Å². The van der Waals surface area contributed by atoms with Crippen molar-refractivity contribution in [3.63, 3.8) is 0 Å². The Morgan fingerprint density at radius 2 is 1.92 bits per heavy atom. The van der Waals surface area contributed by atoms with E-state index in [4.69, 9.17) is 9.15 Å². The molecule has 0 unspecified atom stereocenters.